The first kappa shape index (κ1) is 17.0. The van der Waals surface area contributed by atoms with Gasteiger partial charge in [-0.3, -0.25) is 4.79 Å². The molecule has 5 nitrogen and oxygen atoms in total. The Hall–Kier alpha value is -2.06. The van der Waals surface area contributed by atoms with Gasteiger partial charge in [0.05, 0.1) is 25.8 Å². The lowest BCUT2D eigenvalue weighted by molar-refractivity contribution is -0.275. The average molecular weight is 311 g/mol. The zero-order valence-corrected chi connectivity index (χ0v) is 11.3. The molecule has 0 amide bonds. The molecular formula is C12H13F4NO4. The van der Waals surface area contributed by atoms with Crippen LogP contribution in [-0.2, 0) is 22.6 Å². The minimum absolute atomic E-state index is 0.0498. The number of hydrogen-bond acceptors (Lipinski definition) is 5. The first-order valence-electron chi connectivity index (χ1n) is 5.84. The van der Waals surface area contributed by atoms with Gasteiger partial charge in [0.1, 0.15) is 6.67 Å². The third-order valence-corrected chi connectivity index (χ3v) is 2.28. The Morgan fingerprint density at radius 3 is 2.52 bits per heavy atom. The Balaban J connectivity index is 3.24. The van der Waals surface area contributed by atoms with Crippen molar-refractivity contribution in [1.29, 1.82) is 0 Å². The van der Waals surface area contributed by atoms with Gasteiger partial charge >= 0.3 is 12.3 Å². The molecule has 21 heavy (non-hydrogen) atoms. The van der Waals surface area contributed by atoms with Crippen molar-refractivity contribution in [3.63, 3.8) is 0 Å². The first-order chi connectivity index (χ1) is 9.80. The molecule has 0 spiro atoms. The zero-order valence-electron chi connectivity index (χ0n) is 11.3. The molecule has 0 fully saturated rings. The lowest BCUT2D eigenvalue weighted by atomic mass is 10.1. The Labute approximate surface area is 117 Å². The normalized spacial score (nSPS) is 11.1. The van der Waals surface area contributed by atoms with Crippen LogP contribution in [0.1, 0.15) is 18.2 Å². The van der Waals surface area contributed by atoms with Gasteiger partial charge in [-0.25, -0.2) is 9.37 Å². The molecule has 9 heteroatoms. The van der Waals surface area contributed by atoms with Crippen molar-refractivity contribution in [3.8, 4) is 11.6 Å². The van der Waals surface area contributed by atoms with E-state index in [0.717, 1.165) is 6.07 Å². The van der Waals surface area contributed by atoms with Crippen molar-refractivity contribution in [2.75, 3.05) is 13.7 Å². The Morgan fingerprint density at radius 1 is 1.38 bits per heavy atom. The van der Waals surface area contributed by atoms with Crippen LogP contribution in [-0.4, -0.2) is 31.0 Å². The smallest absolute Gasteiger partial charge is 0.481 e. The van der Waals surface area contributed by atoms with Crippen molar-refractivity contribution in [1.82, 2.24) is 4.98 Å². The van der Waals surface area contributed by atoms with E-state index < -0.39 is 42.4 Å². The fourth-order valence-corrected chi connectivity index (χ4v) is 1.53. The summed E-state index contributed by atoms with van der Waals surface area (Å²) in [6.07, 6.45) is -5.63. The van der Waals surface area contributed by atoms with E-state index >= 15 is 0 Å². The van der Waals surface area contributed by atoms with Crippen LogP contribution in [0.25, 0.3) is 0 Å². The van der Waals surface area contributed by atoms with E-state index in [4.69, 9.17) is 4.74 Å². The highest BCUT2D eigenvalue weighted by Gasteiger charge is 2.34. The van der Waals surface area contributed by atoms with E-state index in [1.54, 1.807) is 0 Å². The molecule has 0 atom stereocenters. The summed E-state index contributed by atoms with van der Waals surface area (Å²) >= 11 is 0. The van der Waals surface area contributed by atoms with E-state index in [0.29, 0.717) is 0 Å². The van der Waals surface area contributed by atoms with Crippen molar-refractivity contribution >= 4 is 5.97 Å². The molecule has 0 aromatic carbocycles. The van der Waals surface area contributed by atoms with Gasteiger partial charge in [0.15, 0.2) is 5.75 Å². The molecule has 118 valence electrons. The first-order valence-corrected chi connectivity index (χ1v) is 5.84. The fourth-order valence-electron chi connectivity index (χ4n) is 1.53. The molecule has 1 aromatic rings. The summed E-state index contributed by atoms with van der Waals surface area (Å²) in [5.41, 5.74) is -0.823. The molecule has 1 heterocycles. The number of halogens is 4. The molecule has 0 N–H and O–H groups in total. The predicted molar refractivity (Wildman–Crippen MR) is 62.6 cm³/mol. The lowest BCUT2D eigenvalue weighted by Crippen LogP contribution is -2.21. The molecule has 0 saturated carbocycles. The summed E-state index contributed by atoms with van der Waals surface area (Å²) in [6.45, 7) is 0.353. The van der Waals surface area contributed by atoms with E-state index in [2.05, 4.69) is 14.5 Å². The van der Waals surface area contributed by atoms with E-state index in [1.807, 2.05) is 0 Å². The minimum atomic E-state index is -5.04. The van der Waals surface area contributed by atoms with Crippen molar-refractivity contribution in [2.45, 2.75) is 26.4 Å². The number of carbonyl (C=O) groups excluding carboxylic acids is 1. The van der Waals surface area contributed by atoms with Crippen LogP contribution in [0.4, 0.5) is 17.6 Å². The number of alkyl halides is 4. The number of aromatic nitrogens is 1. The molecule has 1 aromatic heterocycles. The third-order valence-electron chi connectivity index (χ3n) is 2.28. The van der Waals surface area contributed by atoms with Gasteiger partial charge in [-0.2, -0.15) is 0 Å². The number of hydrogen-bond donors (Lipinski definition) is 0. The topological polar surface area (TPSA) is 57.7 Å². The minimum Gasteiger partial charge on any atom is -0.481 e. The number of ether oxygens (including phenoxy) is 3. The van der Waals surface area contributed by atoms with E-state index in [1.165, 1.54) is 14.0 Å². The molecule has 0 unspecified atom stereocenters. The van der Waals surface area contributed by atoms with Crippen molar-refractivity contribution < 1.29 is 36.6 Å². The molecular weight excluding hydrogens is 298 g/mol. The highest BCUT2D eigenvalue weighted by atomic mass is 19.4. The summed E-state index contributed by atoms with van der Waals surface area (Å²) in [4.78, 5) is 15.1. The van der Waals surface area contributed by atoms with Crippen molar-refractivity contribution in [2.24, 2.45) is 0 Å². The second-order valence-corrected chi connectivity index (χ2v) is 3.76. The van der Waals surface area contributed by atoms with Gasteiger partial charge in [-0.05, 0) is 6.92 Å². The largest absolute Gasteiger partial charge is 0.573 e. The van der Waals surface area contributed by atoms with Crippen LogP contribution in [0, 0.1) is 0 Å². The molecule has 0 bridgehead atoms. The molecule has 0 aliphatic heterocycles. The summed E-state index contributed by atoms with van der Waals surface area (Å²) in [5, 5.41) is 0. The number of methoxy groups -OCH3 is 1. The molecule has 0 aliphatic rings. The average Bonchev–Trinajstić information content (AvgIpc) is 2.39. The summed E-state index contributed by atoms with van der Waals surface area (Å²) in [6, 6.07) is 0.968. The van der Waals surface area contributed by atoms with E-state index in [9.17, 15) is 22.4 Å². The number of rotatable bonds is 6. The SMILES string of the molecule is CCOC(=O)Cc1nc(OC)cc(CF)c1OC(F)(F)F. The third kappa shape index (κ3) is 5.09. The number of esters is 1. The fraction of sp³-hybridized carbons (Fsp3) is 0.500. The van der Waals surface area contributed by atoms with Gasteiger partial charge in [0, 0.05) is 11.6 Å². The standard InChI is InChI=1S/C12H13F4NO4/c1-3-20-10(18)5-8-11(21-12(14,15)16)7(6-13)4-9(17-8)19-2/h4H,3,5-6H2,1-2H3. The second-order valence-electron chi connectivity index (χ2n) is 3.76. The van der Waals surface area contributed by atoms with Crippen LogP contribution in [0.15, 0.2) is 6.07 Å². The lowest BCUT2D eigenvalue weighted by Gasteiger charge is -2.16. The van der Waals surface area contributed by atoms with Gasteiger partial charge < -0.3 is 14.2 Å². The highest BCUT2D eigenvalue weighted by Crippen LogP contribution is 2.32. The number of carbonyl (C=O) groups is 1. The maximum Gasteiger partial charge on any atom is 0.573 e. The maximum atomic E-state index is 12.9. The van der Waals surface area contributed by atoms with Gasteiger partial charge in [0.2, 0.25) is 5.88 Å². The summed E-state index contributed by atoms with van der Waals surface area (Å²) in [7, 11) is 1.21. The quantitative estimate of drug-likeness (QED) is 0.597. The Kier molecular flexibility index (Phi) is 5.74. The number of pyridine rings is 1. The van der Waals surface area contributed by atoms with Gasteiger partial charge in [-0.15, -0.1) is 13.2 Å². The van der Waals surface area contributed by atoms with Crippen LogP contribution in [0.5, 0.6) is 11.6 Å². The molecule has 0 saturated heterocycles. The van der Waals surface area contributed by atoms with Crippen LogP contribution < -0.4 is 9.47 Å². The predicted octanol–water partition coefficient (Wildman–Crippen LogP) is 2.56. The Bertz CT molecular complexity index is 505. The Morgan fingerprint density at radius 2 is 2.05 bits per heavy atom. The van der Waals surface area contributed by atoms with Gasteiger partial charge in [0.25, 0.3) is 0 Å². The maximum absolute atomic E-state index is 12.9. The van der Waals surface area contributed by atoms with Crippen LogP contribution in [0.2, 0.25) is 0 Å². The van der Waals surface area contributed by atoms with Crippen molar-refractivity contribution in [3.05, 3.63) is 17.3 Å². The molecule has 1 rings (SSSR count). The zero-order chi connectivity index (χ0) is 16.0. The molecule has 0 radical (unpaired) electrons. The highest BCUT2D eigenvalue weighted by molar-refractivity contribution is 5.73. The summed E-state index contributed by atoms with van der Waals surface area (Å²) in [5.74, 6) is -1.79. The van der Waals surface area contributed by atoms with Gasteiger partial charge in [-0.1, -0.05) is 0 Å². The van der Waals surface area contributed by atoms with E-state index in [-0.39, 0.29) is 12.5 Å². The van der Waals surface area contributed by atoms with Crippen LogP contribution >= 0.6 is 0 Å². The molecule has 0 aliphatic carbocycles. The number of nitrogens with zero attached hydrogens (tertiary/aromatic N) is 1. The second kappa shape index (κ2) is 7.09. The van der Waals surface area contributed by atoms with Crippen LogP contribution in [0.3, 0.4) is 0 Å². The monoisotopic (exact) mass is 311 g/mol. The summed E-state index contributed by atoms with van der Waals surface area (Å²) < 4.78 is 63.2.